The van der Waals surface area contributed by atoms with E-state index in [1.807, 2.05) is 78.9 Å². The number of fused-ring (bicyclic) bond motifs is 1. The molecule has 0 saturated heterocycles. The lowest BCUT2D eigenvalue weighted by molar-refractivity contribution is 0.101. The Labute approximate surface area is 158 Å². The number of ether oxygens (including phenoxy) is 2. The van der Waals surface area contributed by atoms with E-state index in [-0.39, 0.29) is 5.91 Å². The van der Waals surface area contributed by atoms with Crippen LogP contribution in [0.15, 0.2) is 72.8 Å². The van der Waals surface area contributed by atoms with Gasteiger partial charge in [0.1, 0.15) is 11.5 Å². The van der Waals surface area contributed by atoms with Crippen molar-refractivity contribution in [2.45, 2.75) is 0 Å². The monoisotopic (exact) mass is 357 g/mol. The maximum atomic E-state index is 13.1. The van der Waals surface area contributed by atoms with E-state index >= 15 is 0 Å². The number of nitrogens with zero attached hydrogens (tertiary/aromatic N) is 1. The first-order valence-corrected chi connectivity index (χ1v) is 8.65. The molecule has 1 aliphatic heterocycles. The van der Waals surface area contributed by atoms with Crippen LogP contribution in [0.4, 0.5) is 5.69 Å². The Morgan fingerprint density at radius 2 is 1.30 bits per heavy atom. The number of anilines is 1. The van der Waals surface area contributed by atoms with Crippen molar-refractivity contribution < 1.29 is 14.3 Å². The number of hydrogen-bond donors (Lipinski definition) is 0. The van der Waals surface area contributed by atoms with Gasteiger partial charge in [-0.2, -0.15) is 0 Å². The fourth-order valence-corrected chi connectivity index (χ4v) is 3.23. The molecule has 0 bridgehead atoms. The first-order chi connectivity index (χ1) is 13.2. The van der Waals surface area contributed by atoms with E-state index in [0.717, 1.165) is 34.0 Å². The van der Waals surface area contributed by atoms with Gasteiger partial charge in [-0.25, -0.2) is 0 Å². The summed E-state index contributed by atoms with van der Waals surface area (Å²) in [5, 5.41) is 0. The van der Waals surface area contributed by atoms with Gasteiger partial charge in [0.25, 0.3) is 5.91 Å². The van der Waals surface area contributed by atoms with Gasteiger partial charge in [-0.05, 0) is 54.1 Å². The Kier molecular flexibility index (Phi) is 4.38. The number of carbonyl (C=O) groups is 1. The number of rotatable bonds is 4. The lowest BCUT2D eigenvalue weighted by atomic mass is 10.1. The van der Waals surface area contributed by atoms with Gasteiger partial charge in [0.15, 0.2) is 0 Å². The Hall–Kier alpha value is -3.53. The second-order valence-corrected chi connectivity index (χ2v) is 6.19. The smallest absolute Gasteiger partial charge is 0.263 e. The molecule has 0 radical (unpaired) electrons. The van der Waals surface area contributed by atoms with Crippen molar-refractivity contribution in [3.05, 3.63) is 89.5 Å². The van der Waals surface area contributed by atoms with Crippen molar-refractivity contribution in [1.82, 2.24) is 0 Å². The fraction of sp³-hybridized carbons (Fsp3) is 0.0870. The average Bonchev–Trinajstić information content (AvgIpc) is 3.01. The van der Waals surface area contributed by atoms with E-state index in [9.17, 15) is 4.79 Å². The quantitative estimate of drug-likeness (QED) is 0.669. The summed E-state index contributed by atoms with van der Waals surface area (Å²) in [6, 6.07) is 23.0. The molecule has 4 nitrogen and oxygen atoms in total. The van der Waals surface area contributed by atoms with Crippen LogP contribution in [-0.2, 0) is 0 Å². The molecule has 0 saturated carbocycles. The van der Waals surface area contributed by atoms with Gasteiger partial charge in [-0.15, -0.1) is 0 Å². The molecule has 27 heavy (non-hydrogen) atoms. The summed E-state index contributed by atoms with van der Waals surface area (Å²) in [5.41, 5.74) is 4.28. The summed E-state index contributed by atoms with van der Waals surface area (Å²) in [6.07, 6.45) is 2.02. The minimum atomic E-state index is -0.0319. The number of benzene rings is 3. The summed E-state index contributed by atoms with van der Waals surface area (Å²) in [6.45, 7) is 0. The zero-order valence-electron chi connectivity index (χ0n) is 15.2. The maximum absolute atomic E-state index is 13.1. The Morgan fingerprint density at radius 3 is 1.89 bits per heavy atom. The van der Waals surface area contributed by atoms with Crippen molar-refractivity contribution in [3.63, 3.8) is 0 Å². The van der Waals surface area contributed by atoms with E-state index in [2.05, 4.69) is 0 Å². The van der Waals surface area contributed by atoms with Gasteiger partial charge in [-0.1, -0.05) is 30.3 Å². The molecule has 134 valence electrons. The van der Waals surface area contributed by atoms with Crippen LogP contribution in [0.1, 0.15) is 21.5 Å². The van der Waals surface area contributed by atoms with Crippen LogP contribution in [0, 0.1) is 0 Å². The van der Waals surface area contributed by atoms with Crippen molar-refractivity contribution in [2.75, 3.05) is 19.1 Å². The topological polar surface area (TPSA) is 38.8 Å². The first-order valence-electron chi connectivity index (χ1n) is 8.65. The summed E-state index contributed by atoms with van der Waals surface area (Å²) < 4.78 is 10.5. The normalized spacial score (nSPS) is 14.4. The SMILES string of the molecule is COc1ccc(/C=C2\c3ccccc3C(=O)N2c2ccc(OC)cc2)cc1. The van der Waals surface area contributed by atoms with Gasteiger partial charge in [-0.3, -0.25) is 9.69 Å². The summed E-state index contributed by atoms with van der Waals surface area (Å²) in [5.74, 6) is 1.52. The third-order valence-corrected chi connectivity index (χ3v) is 4.63. The van der Waals surface area contributed by atoms with E-state index in [1.165, 1.54) is 0 Å². The van der Waals surface area contributed by atoms with E-state index < -0.39 is 0 Å². The largest absolute Gasteiger partial charge is 0.497 e. The molecule has 0 aliphatic carbocycles. The van der Waals surface area contributed by atoms with E-state index in [0.29, 0.717) is 5.56 Å². The molecular weight excluding hydrogens is 338 g/mol. The number of hydrogen-bond acceptors (Lipinski definition) is 3. The Balaban J connectivity index is 1.82. The van der Waals surface area contributed by atoms with Crippen molar-refractivity contribution >= 4 is 23.4 Å². The van der Waals surface area contributed by atoms with Gasteiger partial charge in [0, 0.05) is 16.8 Å². The number of methoxy groups -OCH3 is 2. The van der Waals surface area contributed by atoms with Crippen LogP contribution < -0.4 is 14.4 Å². The lowest BCUT2D eigenvalue weighted by Gasteiger charge is -2.19. The van der Waals surface area contributed by atoms with Crippen molar-refractivity contribution in [3.8, 4) is 11.5 Å². The third kappa shape index (κ3) is 3.06. The van der Waals surface area contributed by atoms with Crippen LogP contribution >= 0.6 is 0 Å². The number of carbonyl (C=O) groups excluding carboxylic acids is 1. The predicted molar refractivity (Wildman–Crippen MR) is 107 cm³/mol. The minimum Gasteiger partial charge on any atom is -0.497 e. The van der Waals surface area contributed by atoms with Crippen LogP contribution in [0.25, 0.3) is 11.8 Å². The second kappa shape index (κ2) is 7.00. The molecule has 3 aromatic rings. The highest BCUT2D eigenvalue weighted by Crippen LogP contribution is 2.38. The standard InChI is InChI=1S/C23H19NO3/c1-26-18-11-7-16(8-12-18)15-22-20-5-3-4-6-21(20)23(25)24(22)17-9-13-19(27-2)14-10-17/h3-15H,1-2H3/b22-15+. The molecule has 4 rings (SSSR count). The zero-order chi connectivity index (χ0) is 18.8. The van der Waals surface area contributed by atoms with Crippen LogP contribution in [0.2, 0.25) is 0 Å². The highest BCUT2D eigenvalue weighted by atomic mass is 16.5. The van der Waals surface area contributed by atoms with Gasteiger partial charge < -0.3 is 9.47 Å². The van der Waals surface area contributed by atoms with Gasteiger partial charge in [0.05, 0.1) is 19.9 Å². The van der Waals surface area contributed by atoms with Crippen LogP contribution in [-0.4, -0.2) is 20.1 Å². The van der Waals surface area contributed by atoms with Crippen LogP contribution in [0.5, 0.6) is 11.5 Å². The molecule has 0 atom stereocenters. The molecular formula is C23H19NO3. The highest BCUT2D eigenvalue weighted by molar-refractivity contribution is 6.24. The summed E-state index contributed by atoms with van der Waals surface area (Å²) >= 11 is 0. The van der Waals surface area contributed by atoms with Gasteiger partial charge >= 0.3 is 0 Å². The number of amides is 1. The second-order valence-electron chi connectivity index (χ2n) is 6.19. The molecule has 1 amide bonds. The molecule has 1 aliphatic rings. The molecule has 0 fully saturated rings. The molecule has 0 aromatic heterocycles. The predicted octanol–water partition coefficient (Wildman–Crippen LogP) is 4.86. The average molecular weight is 357 g/mol. The lowest BCUT2D eigenvalue weighted by Crippen LogP contribution is -2.22. The zero-order valence-corrected chi connectivity index (χ0v) is 15.2. The summed E-state index contributed by atoms with van der Waals surface area (Å²) in [4.78, 5) is 14.8. The third-order valence-electron chi connectivity index (χ3n) is 4.63. The molecule has 0 unspecified atom stereocenters. The van der Waals surface area contributed by atoms with E-state index in [4.69, 9.17) is 9.47 Å². The molecule has 0 N–H and O–H groups in total. The molecule has 1 heterocycles. The summed E-state index contributed by atoms with van der Waals surface area (Å²) in [7, 11) is 3.27. The van der Waals surface area contributed by atoms with Crippen LogP contribution in [0.3, 0.4) is 0 Å². The Bertz CT molecular complexity index is 1000. The highest BCUT2D eigenvalue weighted by Gasteiger charge is 2.33. The van der Waals surface area contributed by atoms with Crippen molar-refractivity contribution in [2.24, 2.45) is 0 Å². The molecule has 4 heteroatoms. The molecule has 3 aromatic carbocycles. The Morgan fingerprint density at radius 1 is 0.741 bits per heavy atom. The first kappa shape index (κ1) is 16.9. The van der Waals surface area contributed by atoms with Gasteiger partial charge in [0.2, 0.25) is 0 Å². The maximum Gasteiger partial charge on any atom is 0.263 e. The minimum absolute atomic E-state index is 0.0319. The van der Waals surface area contributed by atoms with E-state index in [1.54, 1.807) is 19.1 Å². The van der Waals surface area contributed by atoms with Crippen molar-refractivity contribution in [1.29, 1.82) is 0 Å². The fourth-order valence-electron chi connectivity index (χ4n) is 3.23. The molecule has 0 spiro atoms.